The number of aromatic nitrogens is 4. The molecule has 0 aliphatic heterocycles. The van der Waals surface area contributed by atoms with Crippen LogP contribution in [0.1, 0.15) is 55.1 Å². The van der Waals surface area contributed by atoms with Crippen LogP contribution in [0.5, 0.6) is 0 Å². The number of nitrogens with zero attached hydrogens (tertiary/aromatic N) is 4. The molecule has 3 aromatic rings. The molecule has 4 rings (SSSR count). The second-order valence-corrected chi connectivity index (χ2v) is 9.20. The van der Waals surface area contributed by atoms with E-state index in [4.69, 9.17) is 0 Å². The second-order valence-electron chi connectivity index (χ2n) is 8.25. The van der Waals surface area contributed by atoms with Crippen LogP contribution in [0.25, 0.3) is 5.78 Å². The molecule has 1 amide bonds. The summed E-state index contributed by atoms with van der Waals surface area (Å²) in [4.78, 5) is 21.6. The number of carbonyl (C=O) groups is 1. The Balaban J connectivity index is 1.45. The lowest BCUT2D eigenvalue weighted by Gasteiger charge is -2.29. The molecule has 0 saturated heterocycles. The highest BCUT2D eigenvalue weighted by atomic mass is 32.2. The van der Waals surface area contributed by atoms with E-state index in [1.54, 1.807) is 4.52 Å². The number of hydrogen-bond donors (Lipinski definition) is 1. The number of hydrogen-bond acceptors (Lipinski definition) is 5. The van der Waals surface area contributed by atoms with Gasteiger partial charge in [-0.1, -0.05) is 61.9 Å². The molecule has 1 N–H and O–H groups in total. The number of rotatable bonds is 6. The molecule has 30 heavy (non-hydrogen) atoms. The van der Waals surface area contributed by atoms with Crippen molar-refractivity contribution in [2.24, 2.45) is 5.92 Å². The third-order valence-corrected chi connectivity index (χ3v) is 6.88. The lowest BCUT2D eigenvalue weighted by atomic mass is 9.86. The number of benzene rings is 1. The van der Waals surface area contributed by atoms with E-state index < -0.39 is 0 Å². The summed E-state index contributed by atoms with van der Waals surface area (Å²) in [6.07, 6.45) is 5.56. The molecule has 0 spiro atoms. The van der Waals surface area contributed by atoms with Crippen molar-refractivity contribution in [3.8, 4) is 0 Å². The Morgan fingerprint density at radius 3 is 2.70 bits per heavy atom. The van der Waals surface area contributed by atoms with Gasteiger partial charge < -0.3 is 5.32 Å². The molecule has 1 aromatic carbocycles. The van der Waals surface area contributed by atoms with Crippen LogP contribution in [0.4, 0.5) is 0 Å². The summed E-state index contributed by atoms with van der Waals surface area (Å²) >= 11 is 1.37. The van der Waals surface area contributed by atoms with Gasteiger partial charge in [0.25, 0.3) is 5.78 Å². The number of nitrogens with one attached hydrogen (secondary N) is 1. The Morgan fingerprint density at radius 2 is 1.93 bits per heavy atom. The van der Waals surface area contributed by atoms with E-state index in [0.29, 0.717) is 28.6 Å². The van der Waals surface area contributed by atoms with Crippen LogP contribution < -0.4 is 5.32 Å². The molecule has 1 fully saturated rings. The third kappa shape index (κ3) is 4.67. The smallest absolute Gasteiger partial charge is 0.253 e. The zero-order chi connectivity index (χ0) is 21.1. The van der Waals surface area contributed by atoms with Gasteiger partial charge in [0.2, 0.25) is 11.1 Å². The van der Waals surface area contributed by atoms with Gasteiger partial charge in [0.15, 0.2) is 0 Å². The van der Waals surface area contributed by atoms with Crippen molar-refractivity contribution >= 4 is 23.4 Å². The fraction of sp³-hybridized carbons (Fsp3) is 0.478. The fourth-order valence-electron chi connectivity index (χ4n) is 4.22. The highest BCUT2D eigenvalue weighted by Gasteiger charge is 2.23. The van der Waals surface area contributed by atoms with Crippen molar-refractivity contribution in [2.45, 2.75) is 64.1 Å². The van der Waals surface area contributed by atoms with Crippen molar-refractivity contribution in [1.82, 2.24) is 24.9 Å². The maximum Gasteiger partial charge on any atom is 0.253 e. The van der Waals surface area contributed by atoms with Gasteiger partial charge >= 0.3 is 0 Å². The van der Waals surface area contributed by atoms with E-state index in [0.717, 1.165) is 24.2 Å². The second kappa shape index (κ2) is 9.16. The van der Waals surface area contributed by atoms with Gasteiger partial charge in [-0.2, -0.15) is 4.98 Å². The molecule has 7 heteroatoms. The van der Waals surface area contributed by atoms with Crippen LogP contribution in [0.3, 0.4) is 0 Å². The molecule has 1 aliphatic rings. The lowest BCUT2D eigenvalue weighted by molar-refractivity contribution is -0.119. The molecule has 1 saturated carbocycles. The Labute approximate surface area is 181 Å². The standard InChI is InChI=1S/C23H29N5OS/c1-15-9-7-8-12-20(15)25-21(29)14-30-23-26-22-24-16(2)19(17(3)28(22)27-23)13-18-10-5-4-6-11-18/h4-6,10-11,15,20H,7-9,12-14H2,1-3H3,(H,25,29)/t15-,20+/m0/s1. The average Bonchev–Trinajstić information content (AvgIpc) is 3.15. The summed E-state index contributed by atoms with van der Waals surface area (Å²) < 4.78 is 1.80. The number of aryl methyl sites for hydroxylation is 2. The van der Waals surface area contributed by atoms with Crippen molar-refractivity contribution in [1.29, 1.82) is 0 Å². The van der Waals surface area contributed by atoms with E-state index in [2.05, 4.69) is 58.5 Å². The summed E-state index contributed by atoms with van der Waals surface area (Å²) in [6, 6.07) is 10.7. The Bertz CT molecular complexity index is 1030. The van der Waals surface area contributed by atoms with Gasteiger partial charge in [0.05, 0.1) is 5.75 Å². The van der Waals surface area contributed by atoms with Crippen LogP contribution >= 0.6 is 11.8 Å². The molecule has 2 heterocycles. The maximum atomic E-state index is 12.4. The van der Waals surface area contributed by atoms with Crippen LogP contribution in [0, 0.1) is 19.8 Å². The first-order valence-electron chi connectivity index (χ1n) is 10.7. The predicted octanol–water partition coefficient (Wildman–Crippen LogP) is 4.12. The maximum absolute atomic E-state index is 12.4. The molecule has 158 valence electrons. The summed E-state index contributed by atoms with van der Waals surface area (Å²) in [5, 5.41) is 8.40. The quantitative estimate of drug-likeness (QED) is 0.604. The lowest BCUT2D eigenvalue weighted by Crippen LogP contribution is -2.41. The van der Waals surface area contributed by atoms with Crippen LogP contribution in [-0.4, -0.2) is 37.3 Å². The van der Waals surface area contributed by atoms with E-state index in [-0.39, 0.29) is 5.91 Å². The molecule has 2 atom stereocenters. The van der Waals surface area contributed by atoms with Crippen LogP contribution in [0.15, 0.2) is 35.5 Å². The molecule has 0 unspecified atom stereocenters. The topological polar surface area (TPSA) is 72.2 Å². The number of carbonyl (C=O) groups excluding carboxylic acids is 1. The van der Waals surface area contributed by atoms with E-state index in [1.807, 2.05) is 13.0 Å². The highest BCUT2D eigenvalue weighted by Crippen LogP contribution is 2.24. The number of amides is 1. The van der Waals surface area contributed by atoms with E-state index in [1.165, 1.54) is 42.2 Å². The van der Waals surface area contributed by atoms with Gasteiger partial charge in [-0.25, -0.2) is 9.50 Å². The Morgan fingerprint density at radius 1 is 1.17 bits per heavy atom. The van der Waals surface area contributed by atoms with Gasteiger partial charge in [-0.05, 0) is 43.7 Å². The molecule has 1 aliphatic carbocycles. The Hall–Kier alpha value is -2.41. The van der Waals surface area contributed by atoms with Crippen molar-refractivity contribution in [3.05, 3.63) is 52.8 Å². The van der Waals surface area contributed by atoms with Crippen LogP contribution in [-0.2, 0) is 11.2 Å². The zero-order valence-corrected chi connectivity index (χ0v) is 18.7. The predicted molar refractivity (Wildman–Crippen MR) is 120 cm³/mol. The first kappa shape index (κ1) is 20.8. The summed E-state index contributed by atoms with van der Waals surface area (Å²) in [5.74, 6) is 1.53. The van der Waals surface area contributed by atoms with Crippen LogP contribution in [0.2, 0.25) is 0 Å². The van der Waals surface area contributed by atoms with Gasteiger partial charge in [-0.15, -0.1) is 5.10 Å². The first-order valence-corrected chi connectivity index (χ1v) is 11.7. The Kier molecular flexibility index (Phi) is 6.37. The minimum absolute atomic E-state index is 0.0586. The number of fused-ring (bicyclic) bond motifs is 1. The summed E-state index contributed by atoms with van der Waals surface area (Å²) in [5.41, 5.74) is 4.42. The molecular formula is C23H29N5OS. The zero-order valence-electron chi connectivity index (χ0n) is 17.9. The van der Waals surface area contributed by atoms with Gasteiger partial charge in [0.1, 0.15) is 0 Å². The van der Waals surface area contributed by atoms with E-state index in [9.17, 15) is 4.79 Å². The molecule has 2 aromatic heterocycles. The normalized spacial score (nSPS) is 19.2. The third-order valence-electron chi connectivity index (χ3n) is 6.04. The fourth-order valence-corrected chi connectivity index (χ4v) is 4.85. The first-order chi connectivity index (χ1) is 14.5. The molecule has 6 nitrogen and oxygen atoms in total. The van der Waals surface area contributed by atoms with Crippen molar-refractivity contribution < 1.29 is 4.79 Å². The largest absolute Gasteiger partial charge is 0.352 e. The molecule has 0 radical (unpaired) electrons. The highest BCUT2D eigenvalue weighted by molar-refractivity contribution is 7.99. The summed E-state index contributed by atoms with van der Waals surface area (Å²) in [6.45, 7) is 6.30. The SMILES string of the molecule is Cc1nc2nc(SCC(=O)N[C@@H]3CCCC[C@@H]3C)nn2c(C)c1Cc1ccccc1. The van der Waals surface area contributed by atoms with E-state index >= 15 is 0 Å². The summed E-state index contributed by atoms with van der Waals surface area (Å²) in [7, 11) is 0. The molecular weight excluding hydrogens is 394 g/mol. The van der Waals surface area contributed by atoms with Gasteiger partial charge in [0, 0.05) is 23.9 Å². The van der Waals surface area contributed by atoms with Crippen molar-refractivity contribution in [2.75, 3.05) is 5.75 Å². The average molecular weight is 424 g/mol. The minimum Gasteiger partial charge on any atom is -0.352 e. The molecule has 0 bridgehead atoms. The minimum atomic E-state index is 0.0586. The number of thioether (sulfide) groups is 1. The van der Waals surface area contributed by atoms with Crippen molar-refractivity contribution in [3.63, 3.8) is 0 Å². The monoisotopic (exact) mass is 423 g/mol. The van der Waals surface area contributed by atoms with Gasteiger partial charge in [-0.3, -0.25) is 4.79 Å².